The summed E-state index contributed by atoms with van der Waals surface area (Å²) in [6.07, 6.45) is 1.63. The van der Waals surface area contributed by atoms with Crippen LogP contribution in [0.4, 0.5) is 5.69 Å². The Balaban J connectivity index is 1.71. The molecule has 0 bridgehead atoms. The van der Waals surface area contributed by atoms with E-state index in [0.29, 0.717) is 22.0 Å². The molecule has 3 aromatic rings. The minimum absolute atomic E-state index is 0.376. The van der Waals surface area contributed by atoms with E-state index >= 15 is 0 Å². The summed E-state index contributed by atoms with van der Waals surface area (Å²) in [5.74, 6) is 0.241. The fraction of sp³-hybridized carbons (Fsp3) is 0.0526. The number of nitrogens with zero attached hydrogens (tertiary/aromatic N) is 1. The summed E-state index contributed by atoms with van der Waals surface area (Å²) in [5, 5.41) is 1.42. The van der Waals surface area contributed by atoms with Crippen LogP contribution in [0.2, 0.25) is 5.02 Å². The fourth-order valence-corrected chi connectivity index (χ4v) is 3.51. The van der Waals surface area contributed by atoms with Gasteiger partial charge in [-0.3, -0.25) is 4.99 Å². The zero-order valence-corrected chi connectivity index (χ0v) is 16.8. The normalized spacial score (nSPS) is 11.0. The molecule has 0 aliphatic carbocycles. The summed E-state index contributed by atoms with van der Waals surface area (Å²) >= 11 is 10.9. The molecule has 0 fully saturated rings. The molecule has 3 rings (SSSR count). The highest BCUT2D eigenvalue weighted by Crippen LogP contribution is 2.36. The highest BCUT2D eigenvalue weighted by molar-refractivity contribution is 9.10. The molecule has 2 aromatic carbocycles. The van der Waals surface area contributed by atoms with Crippen LogP contribution in [-0.2, 0) is 4.74 Å². The van der Waals surface area contributed by atoms with Crippen LogP contribution >= 0.6 is 39.3 Å². The monoisotopic (exact) mass is 449 g/mol. The lowest BCUT2D eigenvalue weighted by molar-refractivity contribution is 0.0601. The molecule has 0 amide bonds. The molecule has 7 heteroatoms. The van der Waals surface area contributed by atoms with Gasteiger partial charge >= 0.3 is 5.97 Å². The van der Waals surface area contributed by atoms with E-state index in [1.807, 2.05) is 30.3 Å². The molecule has 132 valence electrons. The minimum atomic E-state index is -0.376. The van der Waals surface area contributed by atoms with Gasteiger partial charge in [0.2, 0.25) is 0 Å². The van der Waals surface area contributed by atoms with E-state index in [0.717, 1.165) is 14.5 Å². The molecular formula is C19H13BrClNO3S. The number of ether oxygens (including phenoxy) is 1. The van der Waals surface area contributed by atoms with Gasteiger partial charge in [-0.1, -0.05) is 23.4 Å². The average molecular weight is 451 g/mol. The second-order valence-electron chi connectivity index (χ2n) is 5.14. The summed E-state index contributed by atoms with van der Waals surface area (Å²) in [6, 6.07) is 16.2. The Morgan fingerprint density at radius 3 is 2.54 bits per heavy atom. The zero-order valence-electron chi connectivity index (χ0n) is 13.6. The van der Waals surface area contributed by atoms with Gasteiger partial charge in [-0.15, -0.1) is 0 Å². The van der Waals surface area contributed by atoms with Crippen molar-refractivity contribution < 1.29 is 13.9 Å². The molecule has 0 aliphatic rings. The predicted molar refractivity (Wildman–Crippen MR) is 107 cm³/mol. The SMILES string of the molecule is COC(=O)c1ccc(N=Cc2cc(Br)c(Sc3ccc(Cl)cc3)o2)cc1. The van der Waals surface area contributed by atoms with Gasteiger partial charge in [-0.2, -0.15) is 0 Å². The number of hydrogen-bond acceptors (Lipinski definition) is 5. The lowest BCUT2D eigenvalue weighted by atomic mass is 10.2. The molecule has 0 unspecified atom stereocenters. The Kier molecular flexibility index (Phi) is 6.19. The molecule has 1 heterocycles. The Hall–Kier alpha value is -2.02. The molecule has 0 aliphatic heterocycles. The summed E-state index contributed by atoms with van der Waals surface area (Å²) in [7, 11) is 1.35. The molecule has 1 aromatic heterocycles. The van der Waals surface area contributed by atoms with Crippen molar-refractivity contribution in [3.8, 4) is 0 Å². The van der Waals surface area contributed by atoms with E-state index in [-0.39, 0.29) is 5.97 Å². The van der Waals surface area contributed by atoms with Crippen LogP contribution in [0.25, 0.3) is 0 Å². The van der Waals surface area contributed by atoms with Crippen molar-refractivity contribution in [3.05, 3.63) is 75.4 Å². The van der Waals surface area contributed by atoms with Crippen LogP contribution in [0.15, 0.2) is 78.5 Å². The average Bonchev–Trinajstić information content (AvgIpc) is 3.01. The number of aliphatic imine (C=N–C) groups is 1. The first-order chi connectivity index (χ1) is 12.5. The van der Waals surface area contributed by atoms with Crippen LogP contribution in [0.5, 0.6) is 0 Å². The molecule has 4 nitrogen and oxygen atoms in total. The number of furan rings is 1. The molecule has 0 atom stereocenters. The van der Waals surface area contributed by atoms with Crippen LogP contribution < -0.4 is 0 Å². The van der Waals surface area contributed by atoms with E-state index in [1.54, 1.807) is 30.5 Å². The number of methoxy groups -OCH3 is 1. The standard InChI is InChI=1S/C19H13BrClNO3S/c1-24-18(23)12-2-6-14(7-3-12)22-11-15-10-17(20)19(25-15)26-16-8-4-13(21)5-9-16/h2-11H,1H3. The number of halogens is 2. The van der Waals surface area contributed by atoms with E-state index in [9.17, 15) is 4.79 Å². The summed E-state index contributed by atoms with van der Waals surface area (Å²) in [4.78, 5) is 16.8. The summed E-state index contributed by atoms with van der Waals surface area (Å²) in [5.41, 5.74) is 1.19. The molecule has 0 radical (unpaired) electrons. The quantitative estimate of drug-likeness (QED) is 0.334. The third kappa shape index (κ3) is 4.78. The fourth-order valence-electron chi connectivity index (χ4n) is 2.05. The zero-order chi connectivity index (χ0) is 18.5. The Morgan fingerprint density at radius 2 is 1.88 bits per heavy atom. The van der Waals surface area contributed by atoms with Crippen molar-refractivity contribution in [2.45, 2.75) is 9.99 Å². The first-order valence-electron chi connectivity index (χ1n) is 7.50. The highest BCUT2D eigenvalue weighted by atomic mass is 79.9. The summed E-state index contributed by atoms with van der Waals surface area (Å²) in [6.45, 7) is 0. The van der Waals surface area contributed by atoms with Gasteiger partial charge in [-0.05, 0) is 64.5 Å². The Labute approximate surface area is 168 Å². The first kappa shape index (κ1) is 18.8. The van der Waals surface area contributed by atoms with Crippen molar-refractivity contribution >= 4 is 57.2 Å². The third-order valence-electron chi connectivity index (χ3n) is 3.33. The number of carbonyl (C=O) groups excluding carboxylic acids is 1. The molecule has 0 saturated heterocycles. The first-order valence-corrected chi connectivity index (χ1v) is 9.49. The topological polar surface area (TPSA) is 51.8 Å². The van der Waals surface area contributed by atoms with Gasteiger partial charge in [0.1, 0.15) is 5.76 Å². The molecule has 0 saturated carbocycles. The van der Waals surface area contributed by atoms with Crippen LogP contribution in [0.1, 0.15) is 16.1 Å². The molecule has 0 spiro atoms. The van der Waals surface area contributed by atoms with Gasteiger partial charge in [0.05, 0.1) is 29.0 Å². The minimum Gasteiger partial charge on any atom is -0.465 e. The summed E-state index contributed by atoms with van der Waals surface area (Å²) < 4.78 is 11.3. The van der Waals surface area contributed by atoms with E-state index in [4.69, 9.17) is 16.0 Å². The van der Waals surface area contributed by atoms with Crippen molar-refractivity contribution in [2.24, 2.45) is 4.99 Å². The molecular weight excluding hydrogens is 438 g/mol. The number of benzene rings is 2. The number of rotatable bonds is 5. The van der Waals surface area contributed by atoms with Crippen molar-refractivity contribution in [3.63, 3.8) is 0 Å². The molecule has 0 N–H and O–H groups in total. The van der Waals surface area contributed by atoms with Crippen LogP contribution in [0, 0.1) is 0 Å². The maximum atomic E-state index is 11.4. The van der Waals surface area contributed by atoms with Gasteiger partial charge in [-0.25, -0.2) is 4.79 Å². The smallest absolute Gasteiger partial charge is 0.337 e. The largest absolute Gasteiger partial charge is 0.465 e. The van der Waals surface area contributed by atoms with Crippen LogP contribution in [-0.4, -0.2) is 19.3 Å². The second kappa shape index (κ2) is 8.58. The molecule has 26 heavy (non-hydrogen) atoms. The van der Waals surface area contributed by atoms with Crippen LogP contribution in [0.3, 0.4) is 0 Å². The maximum absolute atomic E-state index is 11.4. The Morgan fingerprint density at radius 1 is 1.19 bits per heavy atom. The van der Waals surface area contributed by atoms with Gasteiger partial charge in [0.25, 0.3) is 0 Å². The Bertz CT molecular complexity index is 936. The van der Waals surface area contributed by atoms with Crippen molar-refractivity contribution in [2.75, 3.05) is 7.11 Å². The second-order valence-corrected chi connectivity index (χ2v) is 7.47. The van der Waals surface area contributed by atoms with Gasteiger partial charge < -0.3 is 9.15 Å². The maximum Gasteiger partial charge on any atom is 0.337 e. The number of hydrogen-bond donors (Lipinski definition) is 0. The highest BCUT2D eigenvalue weighted by Gasteiger charge is 2.10. The lowest BCUT2D eigenvalue weighted by Crippen LogP contribution is -1.99. The number of carbonyl (C=O) groups is 1. The van der Waals surface area contributed by atoms with Gasteiger partial charge in [0, 0.05) is 16.0 Å². The third-order valence-corrected chi connectivity index (χ3v) is 5.43. The van der Waals surface area contributed by atoms with E-state index in [2.05, 4.69) is 25.7 Å². The lowest BCUT2D eigenvalue weighted by Gasteiger charge is -1.99. The predicted octanol–water partition coefficient (Wildman–Crippen LogP) is 6.38. The van der Waals surface area contributed by atoms with E-state index < -0.39 is 0 Å². The van der Waals surface area contributed by atoms with Crippen molar-refractivity contribution in [1.82, 2.24) is 0 Å². The van der Waals surface area contributed by atoms with Crippen molar-refractivity contribution in [1.29, 1.82) is 0 Å². The van der Waals surface area contributed by atoms with E-state index in [1.165, 1.54) is 18.9 Å². The van der Waals surface area contributed by atoms with Gasteiger partial charge in [0.15, 0.2) is 5.09 Å². The number of esters is 1.